The van der Waals surface area contributed by atoms with E-state index in [1.165, 1.54) is 18.5 Å². The quantitative estimate of drug-likeness (QED) is 0.744. The van der Waals surface area contributed by atoms with Crippen LogP contribution in [-0.4, -0.2) is 36.8 Å². The van der Waals surface area contributed by atoms with E-state index < -0.39 is 0 Å². The van der Waals surface area contributed by atoms with E-state index in [-0.39, 0.29) is 12.1 Å². The van der Waals surface area contributed by atoms with Crippen LogP contribution in [0, 0.1) is 5.92 Å². The van der Waals surface area contributed by atoms with Gasteiger partial charge in [-0.2, -0.15) is 5.10 Å². The van der Waals surface area contributed by atoms with Crippen molar-refractivity contribution in [3.05, 3.63) is 48.3 Å². The molecule has 7 heteroatoms. The molecule has 3 aromatic heterocycles. The predicted octanol–water partition coefficient (Wildman–Crippen LogP) is 1.96. The lowest BCUT2D eigenvalue weighted by atomic mass is 10.1. The highest BCUT2D eigenvalue weighted by molar-refractivity contribution is 5.29. The highest BCUT2D eigenvalue weighted by atomic mass is 16.5. The number of hydrogen-bond acceptors (Lipinski definition) is 5. The summed E-state index contributed by atoms with van der Waals surface area (Å²) >= 11 is 0. The largest absolute Gasteiger partial charge is 0.370 e. The monoisotopic (exact) mass is 338 g/mol. The molecule has 130 valence electrons. The van der Waals surface area contributed by atoms with E-state index >= 15 is 0 Å². The first kappa shape index (κ1) is 15.0. The average Bonchev–Trinajstić information content (AvgIpc) is 3.02. The normalized spacial score (nSPS) is 23.5. The zero-order valence-electron chi connectivity index (χ0n) is 14.1. The van der Waals surface area contributed by atoms with Crippen molar-refractivity contribution in [3.8, 4) is 0 Å². The zero-order chi connectivity index (χ0) is 16.6. The minimum atomic E-state index is 0.0661. The second kappa shape index (κ2) is 6.24. The molecule has 0 aromatic carbocycles. The first-order valence-corrected chi connectivity index (χ1v) is 9.02. The molecule has 1 aliphatic carbocycles. The topological polar surface area (TPSA) is 69.3 Å². The molecule has 0 spiro atoms. The summed E-state index contributed by atoms with van der Waals surface area (Å²) in [5.74, 6) is 1.54. The summed E-state index contributed by atoms with van der Waals surface area (Å²) in [4.78, 5) is 8.83. The van der Waals surface area contributed by atoms with Gasteiger partial charge >= 0.3 is 0 Å². The van der Waals surface area contributed by atoms with Gasteiger partial charge < -0.3 is 10.1 Å². The second-order valence-electron chi connectivity index (χ2n) is 7.01. The third-order valence-electron chi connectivity index (χ3n) is 5.09. The summed E-state index contributed by atoms with van der Waals surface area (Å²) in [7, 11) is 0. The van der Waals surface area contributed by atoms with Crippen molar-refractivity contribution in [1.29, 1.82) is 0 Å². The second-order valence-corrected chi connectivity index (χ2v) is 7.01. The van der Waals surface area contributed by atoms with E-state index in [9.17, 15) is 0 Å². The van der Waals surface area contributed by atoms with Gasteiger partial charge in [-0.05, 0) is 37.3 Å². The van der Waals surface area contributed by atoms with Gasteiger partial charge in [-0.3, -0.25) is 9.08 Å². The number of fused-ring (bicyclic) bond motifs is 1. The van der Waals surface area contributed by atoms with Gasteiger partial charge in [0.15, 0.2) is 0 Å². The maximum atomic E-state index is 6.04. The highest BCUT2D eigenvalue weighted by Gasteiger charge is 2.33. The standard InChI is InChI=1S/C18H22N6O/c1-6-19-18-22-14(12-23(18)8-1)10-20-15-5-9-25-17(15)16-4-7-21-24(16)11-13-2-3-13/h1,4,6-8,12-13,15,17,20H,2-3,5,9-11H2/t15-,17-/m0/s1. The van der Waals surface area contributed by atoms with Crippen LogP contribution in [0.15, 0.2) is 36.9 Å². The summed E-state index contributed by atoms with van der Waals surface area (Å²) in [6.07, 6.45) is 11.4. The maximum Gasteiger partial charge on any atom is 0.233 e. The van der Waals surface area contributed by atoms with E-state index in [1.807, 2.05) is 29.1 Å². The van der Waals surface area contributed by atoms with Crippen LogP contribution in [0.5, 0.6) is 0 Å². The molecule has 2 atom stereocenters. The molecule has 25 heavy (non-hydrogen) atoms. The number of nitrogens with one attached hydrogen (secondary N) is 1. The SMILES string of the molecule is c1cnc2nc(CN[C@H]3CCO[C@@H]3c3ccnn3CC3CC3)cn2c1. The van der Waals surface area contributed by atoms with Crippen molar-refractivity contribution in [1.82, 2.24) is 29.5 Å². The van der Waals surface area contributed by atoms with Gasteiger partial charge in [0.2, 0.25) is 5.78 Å². The van der Waals surface area contributed by atoms with E-state index in [2.05, 4.69) is 31.1 Å². The van der Waals surface area contributed by atoms with Crippen LogP contribution in [0.1, 0.15) is 36.8 Å². The van der Waals surface area contributed by atoms with Crippen LogP contribution in [0.2, 0.25) is 0 Å². The van der Waals surface area contributed by atoms with E-state index in [1.54, 1.807) is 6.20 Å². The van der Waals surface area contributed by atoms with Crippen LogP contribution < -0.4 is 5.32 Å². The molecule has 2 aliphatic rings. The summed E-state index contributed by atoms with van der Waals surface area (Å²) in [5, 5.41) is 8.13. The van der Waals surface area contributed by atoms with Crippen molar-refractivity contribution in [3.63, 3.8) is 0 Å². The molecule has 1 N–H and O–H groups in total. The number of hydrogen-bond donors (Lipinski definition) is 1. The third-order valence-corrected chi connectivity index (χ3v) is 5.09. The molecular weight excluding hydrogens is 316 g/mol. The zero-order valence-corrected chi connectivity index (χ0v) is 14.1. The highest BCUT2D eigenvalue weighted by Crippen LogP contribution is 2.34. The van der Waals surface area contributed by atoms with Crippen LogP contribution in [0.25, 0.3) is 5.78 Å². The Morgan fingerprint density at radius 2 is 2.20 bits per heavy atom. The van der Waals surface area contributed by atoms with Crippen LogP contribution in [-0.2, 0) is 17.8 Å². The Morgan fingerprint density at radius 3 is 3.08 bits per heavy atom. The third kappa shape index (κ3) is 3.05. The fourth-order valence-corrected chi connectivity index (χ4v) is 3.57. The fourth-order valence-electron chi connectivity index (χ4n) is 3.57. The van der Waals surface area contributed by atoms with E-state index in [0.717, 1.165) is 37.0 Å². The first-order valence-electron chi connectivity index (χ1n) is 9.02. The lowest BCUT2D eigenvalue weighted by Gasteiger charge is -2.20. The Bertz CT molecular complexity index is 834. The molecule has 1 saturated heterocycles. The Labute approximate surface area is 146 Å². The number of imidazole rings is 1. The average molecular weight is 338 g/mol. The first-order chi connectivity index (χ1) is 12.4. The number of nitrogens with zero attached hydrogens (tertiary/aromatic N) is 5. The minimum absolute atomic E-state index is 0.0661. The van der Waals surface area contributed by atoms with Crippen LogP contribution in [0.3, 0.4) is 0 Å². The van der Waals surface area contributed by atoms with Crippen molar-refractivity contribution >= 4 is 5.78 Å². The molecule has 5 rings (SSSR count). The van der Waals surface area contributed by atoms with E-state index in [4.69, 9.17) is 4.74 Å². The van der Waals surface area contributed by atoms with Crippen molar-refractivity contribution in [2.75, 3.05) is 6.61 Å². The molecular formula is C18H22N6O. The molecule has 0 unspecified atom stereocenters. The molecule has 1 saturated carbocycles. The Kier molecular flexibility index (Phi) is 3.75. The van der Waals surface area contributed by atoms with Crippen molar-refractivity contribution in [2.24, 2.45) is 5.92 Å². The lowest BCUT2D eigenvalue weighted by Crippen LogP contribution is -2.32. The van der Waals surface area contributed by atoms with E-state index in [0.29, 0.717) is 6.54 Å². The van der Waals surface area contributed by atoms with Gasteiger partial charge in [0.25, 0.3) is 0 Å². The van der Waals surface area contributed by atoms with Crippen LogP contribution in [0.4, 0.5) is 0 Å². The number of ether oxygens (including phenoxy) is 1. The van der Waals surface area contributed by atoms with Gasteiger partial charge in [0.1, 0.15) is 6.10 Å². The molecule has 7 nitrogen and oxygen atoms in total. The summed E-state index contributed by atoms with van der Waals surface area (Å²) < 4.78 is 10.1. The number of aromatic nitrogens is 5. The fraction of sp³-hybridized carbons (Fsp3) is 0.500. The molecule has 2 fully saturated rings. The summed E-state index contributed by atoms with van der Waals surface area (Å²) in [6, 6.07) is 4.29. The summed E-state index contributed by atoms with van der Waals surface area (Å²) in [5.41, 5.74) is 2.19. The number of rotatable bonds is 6. The smallest absolute Gasteiger partial charge is 0.233 e. The maximum absolute atomic E-state index is 6.04. The Morgan fingerprint density at radius 1 is 1.24 bits per heavy atom. The summed E-state index contributed by atoms with van der Waals surface area (Å²) in [6.45, 7) is 2.52. The van der Waals surface area contributed by atoms with Gasteiger partial charge in [-0.1, -0.05) is 0 Å². The van der Waals surface area contributed by atoms with Crippen LogP contribution >= 0.6 is 0 Å². The Hall–Kier alpha value is -2.25. The molecule has 1 aliphatic heterocycles. The lowest BCUT2D eigenvalue weighted by molar-refractivity contribution is 0.0906. The minimum Gasteiger partial charge on any atom is -0.370 e. The van der Waals surface area contributed by atoms with Gasteiger partial charge in [0.05, 0.1) is 11.4 Å². The molecule has 0 bridgehead atoms. The Balaban J connectivity index is 1.29. The van der Waals surface area contributed by atoms with Gasteiger partial charge in [-0.15, -0.1) is 0 Å². The molecule has 0 amide bonds. The predicted molar refractivity (Wildman–Crippen MR) is 91.9 cm³/mol. The molecule has 3 aromatic rings. The van der Waals surface area contributed by atoms with Crippen molar-refractivity contribution in [2.45, 2.75) is 44.5 Å². The van der Waals surface area contributed by atoms with Crippen molar-refractivity contribution < 1.29 is 4.74 Å². The molecule has 4 heterocycles. The van der Waals surface area contributed by atoms with Gasteiger partial charge in [-0.25, -0.2) is 9.97 Å². The van der Waals surface area contributed by atoms with Gasteiger partial charge in [0, 0.05) is 50.5 Å². The molecule has 0 radical (unpaired) electrons.